The topological polar surface area (TPSA) is 42.4 Å². The number of hydrogen-bond donors (Lipinski definition) is 1. The Kier molecular flexibility index (Phi) is 3.95. The lowest BCUT2D eigenvalue weighted by Crippen LogP contribution is -1.99. The monoisotopic (exact) mass is 243 g/mol. The van der Waals surface area contributed by atoms with Crippen molar-refractivity contribution in [3.8, 4) is 5.75 Å². The Balaban J connectivity index is 2.06. The highest BCUT2D eigenvalue weighted by molar-refractivity contribution is 5.37. The summed E-state index contributed by atoms with van der Waals surface area (Å²) in [6.07, 6.45) is 3.09. The molecule has 2 aromatic rings. The molecule has 0 saturated heterocycles. The summed E-state index contributed by atoms with van der Waals surface area (Å²) in [5, 5.41) is 9.50. The van der Waals surface area contributed by atoms with Crippen molar-refractivity contribution >= 4 is 0 Å². The van der Waals surface area contributed by atoms with Crippen LogP contribution in [0.5, 0.6) is 5.75 Å². The Hall–Kier alpha value is -1.87. The fourth-order valence-electron chi connectivity index (χ4n) is 1.74. The van der Waals surface area contributed by atoms with Crippen LogP contribution >= 0.6 is 0 Å². The van der Waals surface area contributed by atoms with Gasteiger partial charge in [-0.1, -0.05) is 12.1 Å². The molecule has 1 N–H and O–H groups in total. The first-order valence-electron chi connectivity index (χ1n) is 5.97. The van der Waals surface area contributed by atoms with Crippen LogP contribution in [0.25, 0.3) is 0 Å². The molecule has 0 fully saturated rings. The van der Waals surface area contributed by atoms with Crippen molar-refractivity contribution < 1.29 is 9.84 Å². The van der Waals surface area contributed by atoms with Crippen molar-refractivity contribution in [1.29, 1.82) is 0 Å². The van der Waals surface area contributed by atoms with Crippen molar-refractivity contribution in [3.05, 3.63) is 59.4 Å². The minimum absolute atomic E-state index is 0.448. The highest BCUT2D eigenvalue weighted by Crippen LogP contribution is 2.23. The van der Waals surface area contributed by atoms with Crippen molar-refractivity contribution in [2.75, 3.05) is 0 Å². The molecule has 0 aliphatic heterocycles. The van der Waals surface area contributed by atoms with Gasteiger partial charge in [0.1, 0.15) is 12.4 Å². The van der Waals surface area contributed by atoms with Gasteiger partial charge < -0.3 is 9.84 Å². The van der Waals surface area contributed by atoms with Crippen LogP contribution in [-0.4, -0.2) is 10.1 Å². The molecule has 3 nitrogen and oxygen atoms in total. The van der Waals surface area contributed by atoms with E-state index >= 15 is 0 Å². The van der Waals surface area contributed by atoms with Crippen LogP contribution in [0, 0.1) is 6.92 Å². The van der Waals surface area contributed by atoms with E-state index < -0.39 is 6.10 Å². The molecule has 0 bridgehead atoms. The molecular weight excluding hydrogens is 226 g/mol. The van der Waals surface area contributed by atoms with Crippen LogP contribution in [0.15, 0.2) is 42.7 Å². The molecule has 0 aliphatic rings. The Morgan fingerprint density at radius 1 is 1.33 bits per heavy atom. The maximum absolute atomic E-state index is 9.50. The third kappa shape index (κ3) is 3.08. The third-order valence-electron chi connectivity index (χ3n) is 2.80. The van der Waals surface area contributed by atoms with Gasteiger partial charge in [0, 0.05) is 18.0 Å². The first-order valence-corrected chi connectivity index (χ1v) is 5.97. The van der Waals surface area contributed by atoms with Crippen LogP contribution < -0.4 is 4.74 Å². The van der Waals surface area contributed by atoms with E-state index in [0.717, 1.165) is 22.4 Å². The maximum atomic E-state index is 9.50. The summed E-state index contributed by atoms with van der Waals surface area (Å²) in [5.74, 6) is 0.836. The van der Waals surface area contributed by atoms with Crippen LogP contribution in [0.1, 0.15) is 29.7 Å². The van der Waals surface area contributed by atoms with Crippen LogP contribution in [0.3, 0.4) is 0 Å². The number of benzene rings is 1. The van der Waals surface area contributed by atoms with Gasteiger partial charge in [-0.3, -0.25) is 4.98 Å². The van der Waals surface area contributed by atoms with Crippen molar-refractivity contribution in [1.82, 2.24) is 4.98 Å². The summed E-state index contributed by atoms with van der Waals surface area (Å²) in [7, 11) is 0. The van der Waals surface area contributed by atoms with Gasteiger partial charge in [-0.05, 0) is 43.2 Å². The predicted octanol–water partition coefficient (Wildman–Crippen LogP) is 3.02. The lowest BCUT2D eigenvalue weighted by atomic mass is 10.1. The third-order valence-corrected chi connectivity index (χ3v) is 2.80. The minimum atomic E-state index is -0.448. The molecule has 18 heavy (non-hydrogen) atoms. The second-order valence-electron chi connectivity index (χ2n) is 4.35. The zero-order valence-corrected chi connectivity index (χ0v) is 10.6. The Morgan fingerprint density at radius 3 is 2.78 bits per heavy atom. The van der Waals surface area contributed by atoms with Crippen LogP contribution in [0.4, 0.5) is 0 Å². The number of rotatable bonds is 4. The Labute approximate surface area is 107 Å². The Morgan fingerprint density at radius 2 is 2.17 bits per heavy atom. The Bertz CT molecular complexity index is 509. The summed E-state index contributed by atoms with van der Waals surface area (Å²) in [6.45, 7) is 4.23. The lowest BCUT2D eigenvalue weighted by molar-refractivity contribution is 0.199. The molecule has 1 heterocycles. The highest BCUT2D eigenvalue weighted by atomic mass is 16.5. The summed E-state index contributed by atoms with van der Waals surface area (Å²) in [6, 6.07) is 9.60. The van der Waals surface area contributed by atoms with E-state index in [1.165, 1.54) is 0 Å². The van der Waals surface area contributed by atoms with E-state index in [1.54, 1.807) is 19.3 Å². The van der Waals surface area contributed by atoms with Crippen molar-refractivity contribution in [2.24, 2.45) is 0 Å². The van der Waals surface area contributed by atoms with E-state index in [1.807, 2.05) is 37.3 Å². The van der Waals surface area contributed by atoms with E-state index in [9.17, 15) is 5.11 Å². The standard InChI is InChI=1S/C15H17NO2/c1-11-8-14(12(2)17)5-6-15(11)18-10-13-4-3-7-16-9-13/h3-9,12,17H,10H2,1-2H3/t12-/m1/s1. The van der Waals surface area contributed by atoms with Gasteiger partial charge in [-0.15, -0.1) is 0 Å². The molecular formula is C15H17NO2. The van der Waals surface area contributed by atoms with Crippen molar-refractivity contribution in [2.45, 2.75) is 26.6 Å². The van der Waals surface area contributed by atoms with E-state index in [0.29, 0.717) is 6.61 Å². The minimum Gasteiger partial charge on any atom is -0.489 e. The number of aromatic nitrogens is 1. The quantitative estimate of drug-likeness (QED) is 0.897. The molecule has 0 aliphatic carbocycles. The van der Waals surface area contributed by atoms with Crippen LogP contribution in [-0.2, 0) is 6.61 Å². The summed E-state index contributed by atoms with van der Waals surface area (Å²) in [5.41, 5.74) is 2.97. The van der Waals surface area contributed by atoms with Gasteiger partial charge in [-0.25, -0.2) is 0 Å². The SMILES string of the molecule is Cc1cc([C@@H](C)O)ccc1OCc1cccnc1. The first-order chi connectivity index (χ1) is 8.66. The summed E-state index contributed by atoms with van der Waals surface area (Å²) < 4.78 is 5.74. The zero-order chi connectivity index (χ0) is 13.0. The average molecular weight is 243 g/mol. The van der Waals surface area contributed by atoms with Gasteiger partial charge >= 0.3 is 0 Å². The number of ether oxygens (including phenoxy) is 1. The second kappa shape index (κ2) is 5.65. The highest BCUT2D eigenvalue weighted by Gasteiger charge is 2.05. The van der Waals surface area contributed by atoms with Gasteiger partial charge in [0.05, 0.1) is 6.10 Å². The molecule has 0 amide bonds. The summed E-state index contributed by atoms with van der Waals surface area (Å²) >= 11 is 0. The van der Waals surface area contributed by atoms with E-state index in [4.69, 9.17) is 4.74 Å². The average Bonchev–Trinajstić information content (AvgIpc) is 2.38. The van der Waals surface area contributed by atoms with E-state index in [-0.39, 0.29) is 0 Å². The molecule has 1 aromatic heterocycles. The van der Waals surface area contributed by atoms with Crippen LogP contribution in [0.2, 0.25) is 0 Å². The van der Waals surface area contributed by atoms with E-state index in [2.05, 4.69) is 4.98 Å². The molecule has 0 spiro atoms. The fraction of sp³-hybridized carbons (Fsp3) is 0.267. The molecule has 0 saturated carbocycles. The molecule has 3 heteroatoms. The van der Waals surface area contributed by atoms with Gasteiger partial charge in [-0.2, -0.15) is 0 Å². The predicted molar refractivity (Wildman–Crippen MR) is 70.4 cm³/mol. The molecule has 0 unspecified atom stereocenters. The molecule has 1 atom stereocenters. The number of aliphatic hydroxyl groups excluding tert-OH is 1. The van der Waals surface area contributed by atoms with Gasteiger partial charge in [0.2, 0.25) is 0 Å². The second-order valence-corrected chi connectivity index (χ2v) is 4.35. The number of aryl methyl sites for hydroxylation is 1. The number of hydrogen-bond acceptors (Lipinski definition) is 3. The zero-order valence-electron chi connectivity index (χ0n) is 10.6. The van der Waals surface area contributed by atoms with Gasteiger partial charge in [0.15, 0.2) is 0 Å². The molecule has 1 aromatic carbocycles. The van der Waals surface area contributed by atoms with Crippen molar-refractivity contribution in [3.63, 3.8) is 0 Å². The normalized spacial score (nSPS) is 12.2. The first kappa shape index (κ1) is 12.6. The lowest BCUT2D eigenvalue weighted by Gasteiger charge is -2.11. The number of pyridine rings is 1. The molecule has 2 rings (SSSR count). The fourth-order valence-corrected chi connectivity index (χ4v) is 1.74. The summed E-state index contributed by atoms with van der Waals surface area (Å²) in [4.78, 5) is 4.04. The number of aliphatic hydroxyl groups is 1. The largest absolute Gasteiger partial charge is 0.489 e. The van der Waals surface area contributed by atoms with Gasteiger partial charge in [0.25, 0.3) is 0 Å². The molecule has 0 radical (unpaired) electrons. The number of nitrogens with zero attached hydrogens (tertiary/aromatic N) is 1. The maximum Gasteiger partial charge on any atom is 0.122 e. The molecule has 94 valence electrons. The smallest absolute Gasteiger partial charge is 0.122 e.